The Bertz CT molecular complexity index is 1080. The molecule has 0 bridgehead atoms. The van der Waals surface area contributed by atoms with Crippen LogP contribution in [0.1, 0.15) is 47.7 Å². The Labute approximate surface area is 172 Å². The van der Waals surface area contributed by atoms with Crippen molar-refractivity contribution < 1.29 is 23.6 Å². The molecule has 0 unspecified atom stereocenters. The third-order valence-electron chi connectivity index (χ3n) is 5.84. The summed E-state index contributed by atoms with van der Waals surface area (Å²) in [4.78, 5) is 51.2. The van der Waals surface area contributed by atoms with Crippen LogP contribution in [0.2, 0.25) is 0 Å². The second kappa shape index (κ2) is 7.05. The summed E-state index contributed by atoms with van der Waals surface area (Å²) >= 11 is 0. The molecule has 8 heteroatoms. The second-order valence-corrected chi connectivity index (χ2v) is 7.52. The maximum atomic E-state index is 13.3. The number of fused-ring (bicyclic) bond motifs is 1. The van der Waals surface area contributed by atoms with Crippen molar-refractivity contribution in [3.05, 3.63) is 65.0 Å². The van der Waals surface area contributed by atoms with Crippen LogP contribution in [0.3, 0.4) is 0 Å². The minimum atomic E-state index is -1.34. The van der Waals surface area contributed by atoms with E-state index in [0.29, 0.717) is 22.4 Å². The van der Waals surface area contributed by atoms with E-state index in [2.05, 4.69) is 10.6 Å². The number of nitrogens with zero attached hydrogens (tertiary/aromatic N) is 1. The molecule has 4 amide bonds. The molecule has 2 N–H and O–H groups in total. The number of Topliss-reactive ketones (excluding diaryl/α,β-unsaturated/α-hetero) is 1. The first kappa shape index (κ1) is 19.8. The van der Waals surface area contributed by atoms with E-state index < -0.39 is 35.6 Å². The standard InChI is InChI=1S/C22H20FN3O4/c1-3-22(14-5-7-15(23)8-6-14)20(29)26(21(30)25-22)11-18(27)13-4-9-17-16(10-13)12(2)19(28)24-17/h4-10,12H,3,11H2,1-2H3,(H,24,28)(H,25,30)/t12-,22+/m1/s1. The van der Waals surface area contributed by atoms with Crippen molar-refractivity contribution in [2.45, 2.75) is 31.7 Å². The summed E-state index contributed by atoms with van der Waals surface area (Å²) in [6, 6.07) is 9.50. The fraction of sp³-hybridized carbons (Fsp3) is 0.273. The highest BCUT2D eigenvalue weighted by molar-refractivity contribution is 6.12. The molecule has 0 aromatic heterocycles. The Morgan fingerprint density at radius 1 is 1.13 bits per heavy atom. The lowest BCUT2D eigenvalue weighted by Gasteiger charge is -2.25. The first-order chi connectivity index (χ1) is 14.3. The zero-order valence-electron chi connectivity index (χ0n) is 16.5. The van der Waals surface area contributed by atoms with E-state index in [1.54, 1.807) is 32.0 Å². The van der Waals surface area contributed by atoms with Gasteiger partial charge in [-0.15, -0.1) is 0 Å². The fourth-order valence-corrected chi connectivity index (χ4v) is 3.97. The molecular weight excluding hydrogens is 389 g/mol. The van der Waals surface area contributed by atoms with E-state index in [4.69, 9.17) is 0 Å². The SMILES string of the molecule is CC[C@@]1(c2ccc(F)cc2)NC(=O)N(CC(=O)c2ccc3c(c2)[C@@H](C)C(=O)N3)C1=O. The molecule has 2 aromatic rings. The third kappa shape index (κ3) is 2.96. The molecule has 0 saturated carbocycles. The number of ketones is 1. The van der Waals surface area contributed by atoms with Gasteiger partial charge >= 0.3 is 6.03 Å². The van der Waals surface area contributed by atoms with Crippen LogP contribution in [0.5, 0.6) is 0 Å². The average Bonchev–Trinajstić information content (AvgIpc) is 3.16. The molecule has 0 aliphatic carbocycles. The van der Waals surface area contributed by atoms with Gasteiger partial charge in [0.25, 0.3) is 5.91 Å². The number of urea groups is 1. The lowest BCUT2D eigenvalue weighted by molar-refractivity contribution is -0.131. The normalized spacial score (nSPS) is 22.7. The van der Waals surface area contributed by atoms with E-state index >= 15 is 0 Å². The molecule has 1 saturated heterocycles. The second-order valence-electron chi connectivity index (χ2n) is 7.52. The van der Waals surface area contributed by atoms with Crippen molar-refractivity contribution in [3.63, 3.8) is 0 Å². The predicted octanol–water partition coefficient (Wildman–Crippen LogP) is 2.92. The molecule has 2 aliphatic heterocycles. The number of halogens is 1. The van der Waals surface area contributed by atoms with E-state index in [-0.39, 0.29) is 18.2 Å². The predicted molar refractivity (Wildman–Crippen MR) is 106 cm³/mol. The van der Waals surface area contributed by atoms with Crippen LogP contribution in [0.25, 0.3) is 0 Å². The fourth-order valence-electron chi connectivity index (χ4n) is 3.97. The zero-order chi connectivity index (χ0) is 21.6. The number of carbonyl (C=O) groups excluding carboxylic acids is 4. The van der Waals surface area contributed by atoms with Crippen LogP contribution >= 0.6 is 0 Å². The van der Waals surface area contributed by atoms with Gasteiger partial charge in [0.05, 0.1) is 12.5 Å². The van der Waals surface area contributed by atoms with Gasteiger partial charge in [0.2, 0.25) is 5.91 Å². The summed E-state index contributed by atoms with van der Waals surface area (Å²) in [7, 11) is 0. The number of imide groups is 1. The van der Waals surface area contributed by atoms with E-state index in [1.807, 2.05) is 0 Å². The number of amides is 4. The minimum Gasteiger partial charge on any atom is -0.325 e. The quantitative estimate of drug-likeness (QED) is 0.586. The lowest BCUT2D eigenvalue weighted by atomic mass is 9.87. The molecule has 4 rings (SSSR count). The minimum absolute atomic E-state index is 0.143. The van der Waals surface area contributed by atoms with Crippen LogP contribution in [0.15, 0.2) is 42.5 Å². The summed E-state index contributed by atoms with van der Waals surface area (Å²) < 4.78 is 13.3. The molecule has 0 radical (unpaired) electrons. The molecular formula is C22H20FN3O4. The molecule has 2 aromatic carbocycles. The largest absolute Gasteiger partial charge is 0.325 e. The first-order valence-electron chi connectivity index (χ1n) is 9.65. The van der Waals surface area contributed by atoms with Crippen molar-refractivity contribution in [1.82, 2.24) is 10.2 Å². The Morgan fingerprint density at radius 3 is 2.50 bits per heavy atom. The Kier molecular flexibility index (Phi) is 4.64. The van der Waals surface area contributed by atoms with Crippen LogP contribution in [0.4, 0.5) is 14.9 Å². The van der Waals surface area contributed by atoms with Gasteiger partial charge in [0, 0.05) is 11.3 Å². The Balaban J connectivity index is 1.59. The number of anilines is 1. The van der Waals surface area contributed by atoms with Crippen molar-refractivity contribution in [2.24, 2.45) is 0 Å². The van der Waals surface area contributed by atoms with Gasteiger partial charge in [-0.1, -0.05) is 19.1 Å². The van der Waals surface area contributed by atoms with Gasteiger partial charge in [-0.05, 0) is 54.8 Å². The monoisotopic (exact) mass is 409 g/mol. The molecule has 30 heavy (non-hydrogen) atoms. The molecule has 1 fully saturated rings. The number of benzene rings is 2. The zero-order valence-corrected chi connectivity index (χ0v) is 16.5. The molecule has 2 atom stereocenters. The van der Waals surface area contributed by atoms with Crippen LogP contribution < -0.4 is 10.6 Å². The smallest absolute Gasteiger partial charge is 0.325 e. The molecule has 2 aliphatic rings. The summed E-state index contributed by atoms with van der Waals surface area (Å²) in [6.07, 6.45) is 0.248. The van der Waals surface area contributed by atoms with Gasteiger partial charge in [0.15, 0.2) is 5.78 Å². The Morgan fingerprint density at radius 2 is 1.83 bits per heavy atom. The lowest BCUT2D eigenvalue weighted by Crippen LogP contribution is -2.43. The topological polar surface area (TPSA) is 95.6 Å². The highest BCUT2D eigenvalue weighted by Gasteiger charge is 2.51. The number of carbonyl (C=O) groups is 4. The van der Waals surface area contributed by atoms with Crippen LogP contribution in [0, 0.1) is 5.82 Å². The van der Waals surface area contributed by atoms with Crippen molar-refractivity contribution in [1.29, 1.82) is 0 Å². The van der Waals surface area contributed by atoms with Gasteiger partial charge in [-0.3, -0.25) is 19.3 Å². The van der Waals surface area contributed by atoms with E-state index in [0.717, 1.165) is 4.90 Å². The van der Waals surface area contributed by atoms with Crippen molar-refractivity contribution in [2.75, 3.05) is 11.9 Å². The molecule has 0 spiro atoms. The Hall–Kier alpha value is -3.55. The summed E-state index contributed by atoms with van der Waals surface area (Å²) in [5, 5.41) is 5.41. The number of nitrogens with one attached hydrogen (secondary N) is 2. The number of hydrogen-bond acceptors (Lipinski definition) is 4. The molecule has 2 heterocycles. The highest BCUT2D eigenvalue weighted by atomic mass is 19.1. The maximum absolute atomic E-state index is 13.3. The van der Waals surface area contributed by atoms with E-state index in [9.17, 15) is 23.6 Å². The average molecular weight is 409 g/mol. The van der Waals surface area contributed by atoms with Gasteiger partial charge in [0.1, 0.15) is 11.4 Å². The van der Waals surface area contributed by atoms with E-state index in [1.165, 1.54) is 24.3 Å². The highest BCUT2D eigenvalue weighted by Crippen LogP contribution is 2.34. The van der Waals surface area contributed by atoms with Crippen LogP contribution in [-0.2, 0) is 15.1 Å². The number of hydrogen-bond donors (Lipinski definition) is 2. The van der Waals surface area contributed by atoms with Gasteiger partial charge in [-0.2, -0.15) is 0 Å². The van der Waals surface area contributed by atoms with Gasteiger partial charge < -0.3 is 10.6 Å². The summed E-state index contributed by atoms with van der Waals surface area (Å²) in [6.45, 7) is 3.05. The molecule has 154 valence electrons. The first-order valence-corrected chi connectivity index (χ1v) is 9.65. The molecule has 7 nitrogen and oxygen atoms in total. The maximum Gasteiger partial charge on any atom is 0.325 e. The van der Waals surface area contributed by atoms with Gasteiger partial charge in [-0.25, -0.2) is 9.18 Å². The van der Waals surface area contributed by atoms with Crippen LogP contribution in [-0.4, -0.2) is 35.1 Å². The summed E-state index contributed by atoms with van der Waals surface area (Å²) in [5.41, 5.74) is 0.787. The summed E-state index contributed by atoms with van der Waals surface area (Å²) in [5.74, 6) is -1.95. The number of rotatable bonds is 5. The van der Waals surface area contributed by atoms with Crippen molar-refractivity contribution >= 4 is 29.3 Å². The van der Waals surface area contributed by atoms with Crippen molar-refractivity contribution in [3.8, 4) is 0 Å². The third-order valence-corrected chi connectivity index (χ3v) is 5.84.